The highest BCUT2D eigenvalue weighted by Crippen LogP contribution is 2.37. The zero-order valence-electron chi connectivity index (χ0n) is 15.6. The molecule has 0 unspecified atom stereocenters. The van der Waals surface area contributed by atoms with Gasteiger partial charge in [0.2, 0.25) is 0 Å². The van der Waals surface area contributed by atoms with Gasteiger partial charge in [0, 0.05) is 5.56 Å². The Morgan fingerprint density at radius 3 is 2.77 bits per heavy atom. The van der Waals surface area contributed by atoms with Gasteiger partial charge in [-0.1, -0.05) is 30.3 Å². The van der Waals surface area contributed by atoms with E-state index in [1.165, 1.54) is 7.11 Å². The maximum Gasteiger partial charge on any atom is 0.337 e. The first-order chi connectivity index (χ1) is 12.6. The van der Waals surface area contributed by atoms with E-state index < -0.39 is 0 Å². The summed E-state index contributed by atoms with van der Waals surface area (Å²) >= 11 is 0. The van der Waals surface area contributed by atoms with E-state index in [4.69, 9.17) is 9.47 Å². The third kappa shape index (κ3) is 3.97. The van der Waals surface area contributed by atoms with Crippen LogP contribution in [0.2, 0.25) is 0 Å². The molecule has 0 aromatic heterocycles. The smallest absolute Gasteiger partial charge is 0.337 e. The number of unbranched alkanes of at least 4 members (excludes halogenated alkanes) is 1. The third-order valence-corrected chi connectivity index (χ3v) is 4.54. The van der Waals surface area contributed by atoms with E-state index in [2.05, 4.69) is 37.2 Å². The van der Waals surface area contributed by atoms with Crippen LogP contribution in [-0.4, -0.2) is 38.6 Å². The largest absolute Gasteiger partial charge is 0.488 e. The van der Waals surface area contributed by atoms with Crippen LogP contribution in [0.1, 0.15) is 39.9 Å². The molecule has 0 amide bonds. The zero-order valence-corrected chi connectivity index (χ0v) is 15.6. The molecule has 26 heavy (non-hydrogen) atoms. The van der Waals surface area contributed by atoms with Crippen molar-refractivity contribution in [3.63, 3.8) is 0 Å². The van der Waals surface area contributed by atoms with Crippen molar-refractivity contribution in [3.8, 4) is 5.75 Å². The summed E-state index contributed by atoms with van der Waals surface area (Å²) in [6.07, 6.45) is 4.30. The maximum atomic E-state index is 12.0. The lowest BCUT2D eigenvalue weighted by Crippen LogP contribution is -2.12. The molecule has 4 heteroatoms. The van der Waals surface area contributed by atoms with E-state index in [0.717, 1.165) is 47.4 Å². The Hall–Kier alpha value is -2.59. The summed E-state index contributed by atoms with van der Waals surface area (Å²) in [5.74, 6) is 0.463. The Labute approximate surface area is 155 Å². The van der Waals surface area contributed by atoms with Gasteiger partial charge in [0.05, 0.1) is 12.7 Å². The van der Waals surface area contributed by atoms with Crippen molar-refractivity contribution in [2.75, 3.05) is 27.7 Å². The van der Waals surface area contributed by atoms with E-state index in [-0.39, 0.29) is 5.97 Å². The lowest BCUT2D eigenvalue weighted by Gasteiger charge is -2.13. The van der Waals surface area contributed by atoms with Gasteiger partial charge < -0.3 is 14.4 Å². The number of nitrogens with zero attached hydrogens (tertiary/aromatic N) is 1. The molecule has 1 aliphatic rings. The summed E-state index contributed by atoms with van der Waals surface area (Å²) in [4.78, 5) is 14.2. The molecule has 0 atom stereocenters. The average molecular weight is 351 g/mol. The van der Waals surface area contributed by atoms with Gasteiger partial charge in [-0.3, -0.25) is 0 Å². The van der Waals surface area contributed by atoms with Gasteiger partial charge >= 0.3 is 5.97 Å². The minimum atomic E-state index is -0.336. The number of esters is 1. The van der Waals surface area contributed by atoms with Crippen LogP contribution in [0.25, 0.3) is 5.57 Å². The number of methoxy groups -OCH3 is 1. The Morgan fingerprint density at radius 1 is 1.19 bits per heavy atom. The number of hydrogen-bond donors (Lipinski definition) is 0. The minimum Gasteiger partial charge on any atom is -0.488 e. The predicted molar refractivity (Wildman–Crippen MR) is 103 cm³/mol. The Balaban J connectivity index is 2.04. The van der Waals surface area contributed by atoms with Crippen LogP contribution in [0, 0.1) is 0 Å². The molecule has 0 N–H and O–H groups in total. The van der Waals surface area contributed by atoms with Gasteiger partial charge in [-0.25, -0.2) is 4.79 Å². The van der Waals surface area contributed by atoms with Crippen LogP contribution in [-0.2, 0) is 11.3 Å². The van der Waals surface area contributed by atoms with Crippen molar-refractivity contribution in [3.05, 3.63) is 70.8 Å². The van der Waals surface area contributed by atoms with Crippen LogP contribution < -0.4 is 4.74 Å². The SMILES string of the molecule is COC(=O)c1ccc2c(c1)C(=CCCCN(C)C)c1ccccc1CO2. The lowest BCUT2D eigenvalue weighted by molar-refractivity contribution is 0.0600. The van der Waals surface area contributed by atoms with E-state index in [1.807, 2.05) is 24.3 Å². The molecule has 2 aromatic rings. The number of fused-ring (bicyclic) bond motifs is 2. The molecule has 0 saturated carbocycles. The molecule has 3 rings (SSSR count). The van der Waals surface area contributed by atoms with Crippen molar-refractivity contribution in [1.29, 1.82) is 0 Å². The van der Waals surface area contributed by atoms with Crippen LogP contribution in [0.4, 0.5) is 0 Å². The quantitative estimate of drug-likeness (QED) is 0.599. The molecule has 136 valence electrons. The average Bonchev–Trinajstić information content (AvgIpc) is 2.81. The molecule has 1 heterocycles. The highest BCUT2D eigenvalue weighted by Gasteiger charge is 2.20. The molecule has 0 aliphatic carbocycles. The van der Waals surface area contributed by atoms with Crippen LogP contribution in [0.15, 0.2) is 48.5 Å². The van der Waals surface area contributed by atoms with Crippen LogP contribution >= 0.6 is 0 Å². The van der Waals surface area contributed by atoms with Crippen molar-refractivity contribution in [2.24, 2.45) is 0 Å². The van der Waals surface area contributed by atoms with Gasteiger partial charge in [0.15, 0.2) is 0 Å². The van der Waals surface area contributed by atoms with Crippen molar-refractivity contribution in [1.82, 2.24) is 4.90 Å². The van der Waals surface area contributed by atoms with Gasteiger partial charge in [0.1, 0.15) is 12.4 Å². The van der Waals surface area contributed by atoms with Crippen molar-refractivity contribution >= 4 is 11.5 Å². The number of allylic oxidation sites excluding steroid dienone is 1. The normalized spacial score (nSPS) is 14.4. The van der Waals surface area contributed by atoms with Crippen molar-refractivity contribution < 1.29 is 14.3 Å². The third-order valence-electron chi connectivity index (χ3n) is 4.54. The molecule has 0 bridgehead atoms. The standard InChI is InChI=1S/C22H25NO3/c1-23(2)13-7-6-10-19-18-9-5-4-8-17(18)15-26-21-12-11-16(14-20(19)21)22(24)25-3/h4-5,8-12,14H,6-7,13,15H2,1-3H3. The number of carbonyl (C=O) groups excluding carboxylic acids is 1. The second-order valence-electron chi connectivity index (χ2n) is 6.71. The van der Waals surface area contributed by atoms with Crippen molar-refractivity contribution in [2.45, 2.75) is 19.4 Å². The summed E-state index contributed by atoms with van der Waals surface area (Å²) in [5.41, 5.74) is 4.93. The van der Waals surface area contributed by atoms with Gasteiger partial charge in [-0.2, -0.15) is 0 Å². The molecule has 0 fully saturated rings. The second-order valence-corrected chi connectivity index (χ2v) is 6.71. The van der Waals surface area contributed by atoms with E-state index in [0.29, 0.717) is 12.2 Å². The fraction of sp³-hybridized carbons (Fsp3) is 0.318. The predicted octanol–water partition coefficient (Wildman–Crippen LogP) is 4.14. The maximum absolute atomic E-state index is 12.0. The summed E-state index contributed by atoms with van der Waals surface area (Å²) in [6.45, 7) is 1.56. The van der Waals surface area contributed by atoms with Gasteiger partial charge in [-0.15, -0.1) is 0 Å². The first-order valence-electron chi connectivity index (χ1n) is 8.89. The molecule has 0 radical (unpaired) electrons. The van der Waals surface area contributed by atoms with E-state index in [9.17, 15) is 4.79 Å². The minimum absolute atomic E-state index is 0.336. The monoisotopic (exact) mass is 351 g/mol. The molecular weight excluding hydrogens is 326 g/mol. The first-order valence-corrected chi connectivity index (χ1v) is 8.89. The highest BCUT2D eigenvalue weighted by atomic mass is 16.5. The number of carbonyl (C=O) groups is 1. The van der Waals surface area contributed by atoms with Crippen LogP contribution in [0.5, 0.6) is 5.75 Å². The Morgan fingerprint density at radius 2 is 2.00 bits per heavy atom. The molecule has 4 nitrogen and oxygen atoms in total. The van der Waals surface area contributed by atoms with Crippen LogP contribution in [0.3, 0.4) is 0 Å². The Bertz CT molecular complexity index is 824. The number of ether oxygens (including phenoxy) is 2. The lowest BCUT2D eigenvalue weighted by atomic mass is 9.92. The molecule has 1 aliphatic heterocycles. The van der Waals surface area contributed by atoms with Gasteiger partial charge in [-0.05, 0) is 68.4 Å². The molecule has 2 aromatic carbocycles. The molecule has 0 spiro atoms. The fourth-order valence-electron chi connectivity index (χ4n) is 3.19. The first kappa shape index (κ1) is 18.2. The van der Waals surface area contributed by atoms with E-state index >= 15 is 0 Å². The summed E-state index contributed by atoms with van der Waals surface area (Å²) in [7, 11) is 5.57. The van der Waals surface area contributed by atoms with E-state index in [1.54, 1.807) is 6.07 Å². The number of benzene rings is 2. The topological polar surface area (TPSA) is 38.8 Å². The summed E-state index contributed by atoms with van der Waals surface area (Å²) < 4.78 is 10.9. The highest BCUT2D eigenvalue weighted by molar-refractivity contribution is 5.93. The Kier molecular flexibility index (Phi) is 5.74. The summed E-state index contributed by atoms with van der Waals surface area (Å²) in [5, 5.41) is 0. The zero-order chi connectivity index (χ0) is 18.5. The number of hydrogen-bond acceptors (Lipinski definition) is 4. The van der Waals surface area contributed by atoms with Gasteiger partial charge in [0.25, 0.3) is 0 Å². The molecule has 0 saturated heterocycles. The number of rotatable bonds is 5. The fourth-order valence-corrected chi connectivity index (χ4v) is 3.19. The second kappa shape index (κ2) is 8.19. The summed E-state index contributed by atoms with van der Waals surface area (Å²) in [6, 6.07) is 13.8. The molecular formula is C22H25NO3.